The molecule has 0 saturated carbocycles. The van der Waals surface area contributed by atoms with Crippen molar-refractivity contribution >= 4 is 10.0 Å². The van der Waals surface area contributed by atoms with Crippen LogP contribution in [0.15, 0.2) is 89.8 Å². The lowest BCUT2D eigenvalue weighted by atomic mass is 9.94. The van der Waals surface area contributed by atoms with Crippen molar-refractivity contribution in [2.75, 3.05) is 19.7 Å². The first-order chi connectivity index (χ1) is 15.4. The Balaban J connectivity index is 1.57. The van der Waals surface area contributed by atoms with Crippen molar-refractivity contribution in [2.24, 2.45) is 0 Å². The van der Waals surface area contributed by atoms with Crippen molar-refractivity contribution in [1.29, 1.82) is 0 Å². The molecule has 1 aliphatic heterocycles. The van der Waals surface area contributed by atoms with Crippen molar-refractivity contribution in [3.63, 3.8) is 0 Å². The molecule has 1 fully saturated rings. The number of hydrogen-bond donors (Lipinski definition) is 0. The zero-order chi connectivity index (χ0) is 22.6. The van der Waals surface area contributed by atoms with Gasteiger partial charge in [-0.2, -0.15) is 4.31 Å². The van der Waals surface area contributed by atoms with Crippen LogP contribution < -0.4 is 0 Å². The van der Waals surface area contributed by atoms with Crippen molar-refractivity contribution in [3.8, 4) is 0 Å². The smallest absolute Gasteiger partial charge is 0.243 e. The van der Waals surface area contributed by atoms with Gasteiger partial charge >= 0.3 is 0 Å². The highest BCUT2D eigenvalue weighted by atomic mass is 32.2. The van der Waals surface area contributed by atoms with Crippen LogP contribution >= 0.6 is 0 Å². The van der Waals surface area contributed by atoms with Crippen LogP contribution in [-0.2, 0) is 31.7 Å². The lowest BCUT2D eigenvalue weighted by Gasteiger charge is -2.44. The summed E-state index contributed by atoms with van der Waals surface area (Å²) in [6.45, 7) is 5.13. The highest BCUT2D eigenvalue weighted by molar-refractivity contribution is 7.89. The number of rotatable bonds is 7. The summed E-state index contributed by atoms with van der Waals surface area (Å²) in [6.07, 6.45) is -0.391. The van der Waals surface area contributed by atoms with Gasteiger partial charge in [-0.1, -0.05) is 78.4 Å². The quantitative estimate of drug-likeness (QED) is 0.530. The molecule has 0 aromatic heterocycles. The zero-order valence-electron chi connectivity index (χ0n) is 18.5. The lowest BCUT2D eigenvalue weighted by Crippen LogP contribution is -2.55. The molecule has 5 nitrogen and oxygen atoms in total. The van der Waals surface area contributed by atoms with Crippen molar-refractivity contribution in [3.05, 3.63) is 102 Å². The Bertz CT molecular complexity index is 1120. The van der Waals surface area contributed by atoms with E-state index in [1.807, 2.05) is 86.6 Å². The molecule has 4 rings (SSSR count). The summed E-state index contributed by atoms with van der Waals surface area (Å²) in [7, 11) is -3.67. The largest absolute Gasteiger partial charge is 0.374 e. The average Bonchev–Trinajstić information content (AvgIpc) is 2.80. The highest BCUT2D eigenvalue weighted by Crippen LogP contribution is 2.34. The fourth-order valence-electron chi connectivity index (χ4n) is 4.03. The molecular formula is C26H29NO4S. The molecule has 0 bridgehead atoms. The molecule has 0 aliphatic carbocycles. The number of benzene rings is 3. The minimum absolute atomic E-state index is 0.239. The Kier molecular flexibility index (Phi) is 6.76. The Morgan fingerprint density at radius 3 is 2.25 bits per heavy atom. The molecule has 3 aromatic carbocycles. The van der Waals surface area contributed by atoms with Crippen LogP contribution in [0.25, 0.3) is 0 Å². The summed E-state index contributed by atoms with van der Waals surface area (Å²) in [5, 5.41) is 0. The molecule has 0 spiro atoms. The Hall–Kier alpha value is -2.51. The number of hydrogen-bond acceptors (Lipinski definition) is 4. The van der Waals surface area contributed by atoms with E-state index in [4.69, 9.17) is 9.47 Å². The van der Waals surface area contributed by atoms with E-state index >= 15 is 0 Å². The van der Waals surface area contributed by atoms with Gasteiger partial charge in [0.2, 0.25) is 10.0 Å². The molecule has 0 amide bonds. The second-order valence-electron chi connectivity index (χ2n) is 8.45. The summed E-state index contributed by atoms with van der Waals surface area (Å²) in [4.78, 5) is 0.296. The minimum atomic E-state index is -3.67. The first-order valence-corrected chi connectivity index (χ1v) is 12.2. The minimum Gasteiger partial charge on any atom is -0.374 e. The normalized spacial score (nSPS) is 22.0. The van der Waals surface area contributed by atoms with Gasteiger partial charge in [0.25, 0.3) is 0 Å². The van der Waals surface area contributed by atoms with Crippen LogP contribution in [-0.4, -0.2) is 38.5 Å². The van der Waals surface area contributed by atoms with Crippen LogP contribution in [0, 0.1) is 6.92 Å². The predicted molar refractivity (Wildman–Crippen MR) is 125 cm³/mol. The van der Waals surface area contributed by atoms with E-state index in [0.717, 1.165) is 16.7 Å². The summed E-state index contributed by atoms with van der Waals surface area (Å²) in [5.74, 6) is 0. The second-order valence-corrected chi connectivity index (χ2v) is 10.4. The van der Waals surface area contributed by atoms with Crippen molar-refractivity contribution in [1.82, 2.24) is 4.31 Å². The molecule has 32 heavy (non-hydrogen) atoms. The van der Waals surface area contributed by atoms with Gasteiger partial charge in [-0.05, 0) is 37.1 Å². The van der Waals surface area contributed by atoms with E-state index in [1.54, 1.807) is 12.1 Å². The van der Waals surface area contributed by atoms with E-state index in [2.05, 4.69) is 0 Å². The number of nitrogens with zero attached hydrogens (tertiary/aromatic N) is 1. The van der Waals surface area contributed by atoms with Gasteiger partial charge in [0, 0.05) is 13.1 Å². The summed E-state index contributed by atoms with van der Waals surface area (Å²) in [5.41, 5.74) is 2.25. The fraction of sp³-hybridized carbons (Fsp3) is 0.308. The van der Waals surface area contributed by atoms with Crippen LogP contribution in [0.1, 0.15) is 23.6 Å². The summed E-state index contributed by atoms with van der Waals surface area (Å²) >= 11 is 0. The van der Waals surface area contributed by atoms with Gasteiger partial charge in [0.15, 0.2) is 0 Å². The fourth-order valence-corrected chi connectivity index (χ4v) is 5.59. The average molecular weight is 452 g/mol. The topological polar surface area (TPSA) is 55.8 Å². The van der Waals surface area contributed by atoms with Gasteiger partial charge < -0.3 is 9.47 Å². The molecule has 1 saturated heterocycles. The molecule has 1 heterocycles. The molecule has 0 N–H and O–H groups in total. The Labute approximate surface area is 190 Å². The molecular weight excluding hydrogens is 422 g/mol. The van der Waals surface area contributed by atoms with E-state index < -0.39 is 21.7 Å². The van der Waals surface area contributed by atoms with Crippen LogP contribution in [0.4, 0.5) is 0 Å². The highest BCUT2D eigenvalue weighted by Gasteiger charge is 2.43. The predicted octanol–water partition coefficient (Wildman–Crippen LogP) is 4.52. The maximum atomic E-state index is 13.5. The van der Waals surface area contributed by atoms with Gasteiger partial charge in [-0.15, -0.1) is 0 Å². The zero-order valence-corrected chi connectivity index (χ0v) is 19.3. The van der Waals surface area contributed by atoms with Crippen molar-refractivity contribution in [2.45, 2.75) is 37.1 Å². The first-order valence-electron chi connectivity index (χ1n) is 10.8. The second kappa shape index (κ2) is 9.55. The number of ether oxygens (including phenoxy) is 2. The van der Waals surface area contributed by atoms with Crippen LogP contribution in [0.5, 0.6) is 0 Å². The summed E-state index contributed by atoms with van der Waals surface area (Å²) in [6, 6.07) is 26.7. The van der Waals surface area contributed by atoms with E-state index in [0.29, 0.717) is 18.1 Å². The third-order valence-electron chi connectivity index (χ3n) is 5.77. The maximum absolute atomic E-state index is 13.5. The van der Waals surface area contributed by atoms with E-state index in [9.17, 15) is 8.42 Å². The third kappa shape index (κ3) is 5.10. The van der Waals surface area contributed by atoms with Gasteiger partial charge in [0.05, 0.1) is 24.2 Å². The SMILES string of the molecule is Cc1ccc(S(=O)(=O)N2C[C@@H](COCc3ccccc3)O[C@](C)(c3ccccc3)C2)cc1. The maximum Gasteiger partial charge on any atom is 0.243 e. The van der Waals surface area contributed by atoms with Crippen molar-refractivity contribution < 1.29 is 17.9 Å². The molecule has 168 valence electrons. The van der Waals surface area contributed by atoms with Crippen LogP contribution in [0.2, 0.25) is 0 Å². The van der Waals surface area contributed by atoms with E-state index in [-0.39, 0.29) is 13.1 Å². The van der Waals surface area contributed by atoms with E-state index in [1.165, 1.54) is 4.31 Å². The molecule has 3 aromatic rings. The monoisotopic (exact) mass is 451 g/mol. The first kappa shape index (κ1) is 22.7. The number of aryl methyl sites for hydroxylation is 1. The Morgan fingerprint density at radius 2 is 1.59 bits per heavy atom. The molecule has 1 aliphatic rings. The van der Waals surface area contributed by atoms with Crippen LogP contribution in [0.3, 0.4) is 0 Å². The van der Waals surface area contributed by atoms with Gasteiger partial charge in [-0.3, -0.25) is 0 Å². The molecule has 6 heteroatoms. The van der Waals surface area contributed by atoms with Gasteiger partial charge in [-0.25, -0.2) is 8.42 Å². The molecule has 2 atom stereocenters. The Morgan fingerprint density at radius 1 is 0.969 bits per heavy atom. The number of sulfonamides is 1. The third-order valence-corrected chi connectivity index (χ3v) is 7.60. The molecule has 0 unspecified atom stereocenters. The summed E-state index contributed by atoms with van der Waals surface area (Å²) < 4.78 is 40.9. The van der Waals surface area contributed by atoms with Gasteiger partial charge in [0.1, 0.15) is 5.60 Å². The standard InChI is InChI=1S/C26H29NO4S/c1-21-13-15-25(16-14-21)32(28,29)27-17-24(19-30-18-22-9-5-3-6-10-22)31-26(2,20-27)23-11-7-4-8-12-23/h3-16,24H,17-20H2,1-2H3/t24-,26-/m0/s1. The number of morpholine rings is 1. The molecule has 0 radical (unpaired) electrons. The lowest BCUT2D eigenvalue weighted by molar-refractivity contribution is -0.155.